The van der Waals surface area contributed by atoms with Crippen LogP contribution in [0, 0.1) is 5.92 Å². The summed E-state index contributed by atoms with van der Waals surface area (Å²) in [4.78, 5) is 19.7. The van der Waals surface area contributed by atoms with Crippen molar-refractivity contribution >= 4 is 36.0 Å². The van der Waals surface area contributed by atoms with Gasteiger partial charge in [-0.2, -0.15) is 13.2 Å². The van der Waals surface area contributed by atoms with E-state index < -0.39 is 24.4 Å². The lowest BCUT2D eigenvalue weighted by atomic mass is 10.1. The van der Waals surface area contributed by atoms with E-state index in [0.717, 1.165) is 19.4 Å². The van der Waals surface area contributed by atoms with Gasteiger partial charge >= 0.3 is 12.3 Å². The standard InChI is InChI=1S/C18H32F3N5O2.HI/c1-17(2,3)28-16(27)24-14-6-8-26(11-14)15(22-4)23-9-13-5-7-25(10-13)12-18(19,20)21;/h13-14H,5-12H2,1-4H3,(H,22,23)(H,24,27);1H. The van der Waals surface area contributed by atoms with Gasteiger partial charge in [-0.05, 0) is 46.1 Å². The Labute approximate surface area is 187 Å². The van der Waals surface area contributed by atoms with E-state index in [2.05, 4.69) is 15.6 Å². The summed E-state index contributed by atoms with van der Waals surface area (Å²) in [6.07, 6.45) is -3.06. The number of guanidine groups is 1. The second-order valence-electron chi connectivity index (χ2n) is 8.51. The van der Waals surface area contributed by atoms with E-state index >= 15 is 0 Å². The number of hydrogen-bond donors (Lipinski definition) is 2. The maximum Gasteiger partial charge on any atom is 0.407 e. The Morgan fingerprint density at radius 1 is 1.17 bits per heavy atom. The Morgan fingerprint density at radius 2 is 1.86 bits per heavy atom. The highest BCUT2D eigenvalue weighted by molar-refractivity contribution is 14.0. The molecule has 1 amide bonds. The topological polar surface area (TPSA) is 69.2 Å². The average molecular weight is 535 g/mol. The van der Waals surface area contributed by atoms with Crippen molar-refractivity contribution in [2.45, 2.75) is 51.4 Å². The molecule has 2 unspecified atom stereocenters. The molecule has 29 heavy (non-hydrogen) atoms. The monoisotopic (exact) mass is 535 g/mol. The third-order valence-corrected chi connectivity index (χ3v) is 4.74. The summed E-state index contributed by atoms with van der Waals surface area (Å²) in [6, 6.07) is -0.0258. The van der Waals surface area contributed by atoms with Gasteiger partial charge in [0.1, 0.15) is 5.60 Å². The van der Waals surface area contributed by atoms with Crippen molar-refractivity contribution in [3.8, 4) is 0 Å². The molecule has 2 aliphatic heterocycles. The Hall–Kier alpha value is -0.980. The molecule has 2 heterocycles. The molecule has 0 aromatic carbocycles. The van der Waals surface area contributed by atoms with E-state index in [0.29, 0.717) is 32.1 Å². The van der Waals surface area contributed by atoms with E-state index in [1.54, 1.807) is 7.05 Å². The fourth-order valence-corrected chi connectivity index (χ4v) is 3.59. The van der Waals surface area contributed by atoms with Gasteiger partial charge in [0.25, 0.3) is 0 Å². The first-order valence-corrected chi connectivity index (χ1v) is 9.69. The molecular weight excluding hydrogens is 502 g/mol. The van der Waals surface area contributed by atoms with Crippen LogP contribution in [0.1, 0.15) is 33.6 Å². The van der Waals surface area contributed by atoms with Crippen LogP contribution < -0.4 is 10.6 Å². The number of aliphatic imine (C=N–C) groups is 1. The third kappa shape index (κ3) is 9.58. The Morgan fingerprint density at radius 3 is 2.45 bits per heavy atom. The molecule has 0 bridgehead atoms. The SMILES string of the molecule is CN=C(NCC1CCN(CC(F)(F)F)C1)N1CCC(NC(=O)OC(C)(C)C)C1.I. The summed E-state index contributed by atoms with van der Waals surface area (Å²) in [5.74, 6) is 0.875. The molecule has 0 radical (unpaired) electrons. The number of nitrogens with one attached hydrogen (secondary N) is 2. The van der Waals surface area contributed by atoms with E-state index in [9.17, 15) is 18.0 Å². The first-order chi connectivity index (χ1) is 12.9. The lowest BCUT2D eigenvalue weighted by Crippen LogP contribution is -2.45. The highest BCUT2D eigenvalue weighted by Gasteiger charge is 2.34. The van der Waals surface area contributed by atoms with Crippen LogP contribution in [0.25, 0.3) is 0 Å². The van der Waals surface area contributed by atoms with Gasteiger partial charge in [-0.15, -0.1) is 24.0 Å². The highest BCUT2D eigenvalue weighted by atomic mass is 127. The number of alkyl halides is 3. The Bertz CT molecular complexity index is 569. The Kier molecular flexibility index (Phi) is 9.77. The number of carbonyl (C=O) groups excluding carboxylic acids is 1. The number of ether oxygens (including phenoxy) is 1. The zero-order valence-corrected chi connectivity index (χ0v) is 19.8. The number of rotatable bonds is 4. The van der Waals surface area contributed by atoms with E-state index in [1.807, 2.05) is 25.7 Å². The van der Waals surface area contributed by atoms with Crippen LogP contribution in [-0.2, 0) is 4.74 Å². The van der Waals surface area contributed by atoms with Crippen molar-refractivity contribution in [1.29, 1.82) is 0 Å². The zero-order chi connectivity index (χ0) is 20.9. The fourth-order valence-electron chi connectivity index (χ4n) is 3.59. The lowest BCUT2D eigenvalue weighted by molar-refractivity contribution is -0.143. The average Bonchev–Trinajstić information content (AvgIpc) is 3.14. The van der Waals surface area contributed by atoms with Gasteiger partial charge in [-0.25, -0.2) is 4.79 Å². The second-order valence-corrected chi connectivity index (χ2v) is 8.51. The summed E-state index contributed by atoms with van der Waals surface area (Å²) in [6.45, 7) is 7.45. The first kappa shape index (κ1) is 26.1. The van der Waals surface area contributed by atoms with Crippen LogP contribution in [0.3, 0.4) is 0 Å². The molecule has 2 fully saturated rings. The van der Waals surface area contributed by atoms with Crippen molar-refractivity contribution in [1.82, 2.24) is 20.4 Å². The van der Waals surface area contributed by atoms with Gasteiger partial charge in [0.05, 0.1) is 12.6 Å². The second kappa shape index (κ2) is 10.9. The van der Waals surface area contributed by atoms with Gasteiger partial charge in [0, 0.05) is 33.2 Å². The maximum atomic E-state index is 12.5. The summed E-state index contributed by atoms with van der Waals surface area (Å²) in [5.41, 5.74) is -0.540. The summed E-state index contributed by atoms with van der Waals surface area (Å²) in [7, 11) is 1.68. The number of nitrogens with zero attached hydrogens (tertiary/aromatic N) is 3. The van der Waals surface area contributed by atoms with E-state index in [4.69, 9.17) is 4.74 Å². The molecule has 11 heteroatoms. The van der Waals surface area contributed by atoms with Crippen LogP contribution >= 0.6 is 24.0 Å². The molecule has 2 atom stereocenters. The Balaban J connectivity index is 0.00000420. The molecule has 170 valence electrons. The van der Waals surface area contributed by atoms with Gasteiger partial charge < -0.3 is 20.3 Å². The number of amides is 1. The number of carbonyl (C=O) groups is 1. The highest BCUT2D eigenvalue weighted by Crippen LogP contribution is 2.22. The summed E-state index contributed by atoms with van der Waals surface area (Å²) in [5, 5.41) is 6.14. The lowest BCUT2D eigenvalue weighted by Gasteiger charge is -2.24. The predicted octanol–water partition coefficient (Wildman–Crippen LogP) is 2.66. The molecule has 0 aromatic rings. The van der Waals surface area contributed by atoms with Crippen LogP contribution in [-0.4, -0.2) is 86.0 Å². The molecule has 2 aliphatic rings. The van der Waals surface area contributed by atoms with Crippen LogP contribution in [0.15, 0.2) is 4.99 Å². The minimum atomic E-state index is -4.15. The molecule has 0 aromatic heterocycles. The van der Waals surface area contributed by atoms with Gasteiger partial charge in [-0.3, -0.25) is 9.89 Å². The zero-order valence-electron chi connectivity index (χ0n) is 17.5. The van der Waals surface area contributed by atoms with Crippen molar-refractivity contribution in [3.05, 3.63) is 0 Å². The van der Waals surface area contributed by atoms with Crippen molar-refractivity contribution in [3.63, 3.8) is 0 Å². The maximum absolute atomic E-state index is 12.5. The molecule has 2 saturated heterocycles. The van der Waals surface area contributed by atoms with Gasteiger partial charge in [0.15, 0.2) is 5.96 Å². The van der Waals surface area contributed by atoms with Crippen molar-refractivity contribution in [2.24, 2.45) is 10.9 Å². The van der Waals surface area contributed by atoms with Crippen molar-refractivity contribution in [2.75, 3.05) is 46.3 Å². The molecule has 0 aliphatic carbocycles. The number of hydrogen-bond acceptors (Lipinski definition) is 4. The summed E-state index contributed by atoms with van der Waals surface area (Å²) < 4.78 is 42.8. The minimum absolute atomic E-state index is 0. The quantitative estimate of drug-likeness (QED) is 0.329. The fraction of sp³-hybridized carbons (Fsp3) is 0.889. The normalized spacial score (nSPS) is 23.7. The number of halogens is 4. The minimum Gasteiger partial charge on any atom is -0.444 e. The first-order valence-electron chi connectivity index (χ1n) is 9.69. The molecule has 2 N–H and O–H groups in total. The van der Waals surface area contributed by atoms with Crippen molar-refractivity contribution < 1.29 is 22.7 Å². The van der Waals surface area contributed by atoms with Crippen LogP contribution in [0.5, 0.6) is 0 Å². The number of alkyl carbamates (subject to hydrolysis) is 1. The van der Waals surface area contributed by atoms with E-state index in [-0.39, 0.29) is 35.9 Å². The summed E-state index contributed by atoms with van der Waals surface area (Å²) >= 11 is 0. The predicted molar refractivity (Wildman–Crippen MR) is 117 cm³/mol. The number of likely N-dealkylation sites (tertiary alicyclic amines) is 2. The van der Waals surface area contributed by atoms with Gasteiger partial charge in [-0.1, -0.05) is 0 Å². The van der Waals surface area contributed by atoms with Crippen LogP contribution in [0.4, 0.5) is 18.0 Å². The van der Waals surface area contributed by atoms with E-state index in [1.165, 1.54) is 4.90 Å². The largest absolute Gasteiger partial charge is 0.444 e. The smallest absolute Gasteiger partial charge is 0.407 e. The molecule has 7 nitrogen and oxygen atoms in total. The van der Waals surface area contributed by atoms with Crippen LogP contribution in [0.2, 0.25) is 0 Å². The molecular formula is C18H33F3IN5O2. The molecule has 2 rings (SSSR count). The van der Waals surface area contributed by atoms with Gasteiger partial charge in [0.2, 0.25) is 0 Å². The molecule has 0 saturated carbocycles. The third-order valence-electron chi connectivity index (χ3n) is 4.74. The molecule has 0 spiro atoms.